The molecule has 0 unspecified atom stereocenters. The number of halogens is 1. The summed E-state index contributed by atoms with van der Waals surface area (Å²) in [5.74, 6) is 1.99. The van der Waals surface area contributed by atoms with E-state index in [-0.39, 0.29) is 41.2 Å². The van der Waals surface area contributed by atoms with E-state index in [4.69, 9.17) is 11.6 Å². The Morgan fingerprint density at radius 1 is 0.333 bits per heavy atom. The SMILES string of the molecule is Cc1cc(NS(=O)(=O)c2ccc(C(C)(C)C)cc2)n(-c2ccc(Cl)c3nccc(C)c23)n1.Cc1cc(NS(=O)(=O)c2ccc(C(C)(C)C)cc2)n(-c2ccc3ccccc3n2)n1.Cc1cc(NS(=O)(=O)c2ccc(C(C)(C)C)cc2)n(-c2ccc3ncccc3c2)n1.Cc1cnc2cccc(-n3nc(C)cc3NS(=O)(=O)c3ccc(C(C)(C)C)cc3)c2c1. The molecule has 8 aromatic heterocycles. The van der Waals surface area contributed by atoms with Crippen molar-refractivity contribution in [2.24, 2.45) is 0 Å². The molecule has 24 nitrogen and oxygen atoms in total. The van der Waals surface area contributed by atoms with Crippen LogP contribution >= 0.6 is 11.6 Å². The highest BCUT2D eigenvalue weighted by atomic mass is 35.5. The average molecular weight is 1740 g/mol. The smallest absolute Gasteiger partial charge is 0.263 e. The van der Waals surface area contributed by atoms with Crippen LogP contribution in [0.4, 0.5) is 23.3 Å². The van der Waals surface area contributed by atoms with Gasteiger partial charge in [-0.15, -0.1) is 0 Å². The van der Waals surface area contributed by atoms with E-state index in [0.717, 1.165) is 82.9 Å². The topological polar surface area (TPSA) is 308 Å². The lowest BCUT2D eigenvalue weighted by Crippen LogP contribution is -2.17. The minimum Gasteiger partial charge on any atom is -0.263 e. The third-order valence-corrected chi connectivity index (χ3v) is 26.1. The average Bonchev–Trinajstić information content (AvgIpc) is 1.62. The Hall–Kier alpha value is -12.5. The van der Waals surface area contributed by atoms with Gasteiger partial charge in [0, 0.05) is 64.4 Å². The number of hydrogen-bond acceptors (Lipinski definition) is 16. The molecule has 0 atom stereocenters. The summed E-state index contributed by atoms with van der Waals surface area (Å²) >= 11 is 6.36. The molecule has 0 fully saturated rings. The summed E-state index contributed by atoms with van der Waals surface area (Å²) in [4.78, 5) is 18.6. The van der Waals surface area contributed by atoms with Gasteiger partial charge in [0.05, 0.1) is 86.5 Å². The van der Waals surface area contributed by atoms with E-state index in [2.05, 4.69) is 142 Å². The van der Waals surface area contributed by atoms with Gasteiger partial charge in [-0.05, 0) is 224 Å². The van der Waals surface area contributed by atoms with Crippen molar-refractivity contribution in [3.8, 4) is 22.9 Å². The van der Waals surface area contributed by atoms with Crippen molar-refractivity contribution in [2.75, 3.05) is 18.9 Å². The number of sulfonamides is 4. The second kappa shape index (κ2) is 34.4. The Bertz CT molecular complexity index is 6920. The summed E-state index contributed by atoms with van der Waals surface area (Å²) in [5.41, 5.74) is 14.2. The molecule has 634 valence electrons. The monoisotopic (exact) mass is 1740 g/mol. The van der Waals surface area contributed by atoms with Crippen LogP contribution in [0, 0.1) is 41.5 Å². The minimum atomic E-state index is -3.82. The molecule has 29 heteroatoms. The quantitative estimate of drug-likeness (QED) is 0.0698. The van der Waals surface area contributed by atoms with Crippen molar-refractivity contribution < 1.29 is 33.7 Å². The zero-order valence-electron chi connectivity index (χ0n) is 71.8. The summed E-state index contributed by atoms with van der Waals surface area (Å²) in [6, 6.07) is 69.0. The molecule has 0 aliphatic heterocycles. The molecule has 0 saturated heterocycles. The molecule has 8 aromatic carbocycles. The standard InChI is InChI=1S/C24H25ClN4O2S.C24H26N4O2S.2C23H24N4O2S/c1-15-12-13-26-23-19(25)10-11-20(22(15)23)29-21(14-16(2)27-29)28-32(30,31)18-8-6-17(7-9-18)24(3,4)5;1-16-13-20-21(25-15-16)7-6-8-22(20)28-23(14-17(2)26-28)27-31(29,30)19-11-9-18(10-12-19)24(3,4)5;1-16-14-22(26-30(28,29)20-10-7-18(8-11-20)23(2,3)4)27(25-16)19-9-12-21-17(15-19)6-5-13-24-21;1-16-15-22(26-30(28,29)19-12-10-18(11-13-19)23(2,3)4)27(25-16)21-14-9-17-7-5-6-8-20(17)24-21/h6-14,28H,1-5H3;6-15,27H,1-5H3;2*5-15,26H,1-4H3. The molecule has 123 heavy (non-hydrogen) atoms. The molecule has 4 N–H and O–H groups in total. The van der Waals surface area contributed by atoms with Gasteiger partial charge >= 0.3 is 0 Å². The molecular weight excluding hydrogens is 1640 g/mol. The molecule has 8 heterocycles. The summed E-state index contributed by atoms with van der Waals surface area (Å²) < 4.78 is 122. The highest BCUT2D eigenvalue weighted by Crippen LogP contribution is 2.36. The van der Waals surface area contributed by atoms with Crippen LogP contribution in [0.5, 0.6) is 0 Å². The highest BCUT2D eigenvalue weighted by Gasteiger charge is 2.28. The fourth-order valence-corrected chi connectivity index (χ4v) is 18.0. The van der Waals surface area contributed by atoms with Gasteiger partial charge in [-0.1, -0.05) is 174 Å². The number of aromatic nitrogens is 12. The van der Waals surface area contributed by atoms with Gasteiger partial charge in [0.25, 0.3) is 40.1 Å². The first kappa shape index (κ1) is 88.3. The largest absolute Gasteiger partial charge is 0.263 e. The van der Waals surface area contributed by atoms with Crippen molar-refractivity contribution in [3.05, 3.63) is 310 Å². The van der Waals surface area contributed by atoms with Crippen molar-refractivity contribution in [2.45, 2.75) is 166 Å². The van der Waals surface area contributed by atoms with Crippen LogP contribution in [-0.2, 0) is 61.8 Å². The number of nitrogens with one attached hydrogen (secondary N) is 4. The Morgan fingerprint density at radius 2 is 0.748 bits per heavy atom. The van der Waals surface area contributed by atoms with Gasteiger partial charge in [0.1, 0.15) is 23.3 Å². The fourth-order valence-electron chi connectivity index (χ4n) is 13.7. The molecule has 0 saturated carbocycles. The van der Waals surface area contributed by atoms with Crippen molar-refractivity contribution in [1.82, 2.24) is 59.1 Å². The maximum Gasteiger partial charge on any atom is 0.263 e. The molecule has 16 rings (SSSR count). The highest BCUT2D eigenvalue weighted by molar-refractivity contribution is 7.93. The Kier molecular flexibility index (Phi) is 24.7. The van der Waals surface area contributed by atoms with E-state index in [0.29, 0.717) is 68.1 Å². The zero-order valence-corrected chi connectivity index (χ0v) is 75.8. The van der Waals surface area contributed by atoms with Crippen LogP contribution in [0.1, 0.15) is 139 Å². The van der Waals surface area contributed by atoms with Crippen LogP contribution in [0.3, 0.4) is 0 Å². The molecule has 0 amide bonds. The van der Waals surface area contributed by atoms with E-state index in [1.807, 2.05) is 199 Å². The summed E-state index contributed by atoms with van der Waals surface area (Å²) in [6.07, 6.45) is 5.25. The Balaban J connectivity index is 0.000000141. The van der Waals surface area contributed by atoms with Crippen molar-refractivity contribution in [3.63, 3.8) is 0 Å². The lowest BCUT2D eigenvalue weighted by molar-refractivity contribution is 0.587. The number of aryl methyl sites for hydroxylation is 6. The van der Waals surface area contributed by atoms with Gasteiger partial charge in [0.2, 0.25) is 0 Å². The lowest BCUT2D eigenvalue weighted by atomic mass is 9.87. The first-order chi connectivity index (χ1) is 57.8. The van der Waals surface area contributed by atoms with E-state index in [1.54, 1.807) is 105 Å². The number of anilines is 4. The van der Waals surface area contributed by atoms with Crippen LogP contribution in [0.2, 0.25) is 5.02 Å². The van der Waals surface area contributed by atoms with Gasteiger partial charge < -0.3 is 0 Å². The second-order valence-electron chi connectivity index (χ2n) is 34.4. The van der Waals surface area contributed by atoms with Gasteiger partial charge in [-0.3, -0.25) is 33.8 Å². The normalized spacial score (nSPS) is 12.3. The fraction of sp³-hybridized carbons (Fsp3) is 0.234. The van der Waals surface area contributed by atoms with E-state index in [9.17, 15) is 33.7 Å². The summed E-state index contributed by atoms with van der Waals surface area (Å²) in [7, 11) is -15.1. The predicted molar refractivity (Wildman–Crippen MR) is 493 cm³/mol. The number of benzene rings is 8. The van der Waals surface area contributed by atoms with Gasteiger partial charge in [0.15, 0.2) is 5.82 Å². The maximum absolute atomic E-state index is 13.2. The van der Waals surface area contributed by atoms with Crippen LogP contribution < -0.4 is 18.9 Å². The number of rotatable bonds is 16. The number of hydrogen-bond donors (Lipinski definition) is 4. The molecule has 0 aliphatic rings. The lowest BCUT2D eigenvalue weighted by Gasteiger charge is -2.19. The number of nitrogens with zero attached hydrogens (tertiary/aromatic N) is 12. The molecular formula is C94H99ClN16O8S4. The third kappa shape index (κ3) is 20.3. The van der Waals surface area contributed by atoms with E-state index < -0.39 is 40.1 Å². The summed E-state index contributed by atoms with van der Waals surface area (Å²) in [6.45, 7) is 36.3. The van der Waals surface area contributed by atoms with Gasteiger partial charge in [-0.2, -0.15) is 25.1 Å². The molecule has 16 aromatic rings. The summed E-state index contributed by atoms with van der Waals surface area (Å²) in [5, 5.41) is 22.2. The van der Waals surface area contributed by atoms with Crippen molar-refractivity contribution in [1.29, 1.82) is 0 Å². The number of para-hydroxylation sites is 1. The molecule has 0 radical (unpaired) electrons. The van der Waals surface area contributed by atoms with Crippen LogP contribution in [-0.4, -0.2) is 92.7 Å². The zero-order chi connectivity index (χ0) is 88.7. The Labute approximate surface area is 724 Å². The molecule has 0 aliphatic carbocycles. The number of pyridine rings is 4. The first-order valence-electron chi connectivity index (χ1n) is 39.7. The second-order valence-corrected chi connectivity index (χ2v) is 41.5. The molecule has 0 spiro atoms. The Morgan fingerprint density at radius 3 is 1.22 bits per heavy atom. The van der Waals surface area contributed by atoms with Crippen LogP contribution in [0.15, 0.2) is 269 Å². The van der Waals surface area contributed by atoms with Crippen LogP contribution in [0.25, 0.3) is 66.5 Å². The van der Waals surface area contributed by atoms with Crippen molar-refractivity contribution >= 4 is 119 Å². The number of fused-ring (bicyclic) bond motifs is 4. The first-order valence-corrected chi connectivity index (χ1v) is 46.0. The maximum atomic E-state index is 13.2. The van der Waals surface area contributed by atoms with E-state index >= 15 is 0 Å². The third-order valence-electron chi connectivity index (χ3n) is 20.4. The molecule has 0 bridgehead atoms. The minimum absolute atomic E-state index is 0.0452. The van der Waals surface area contributed by atoms with E-state index in [1.165, 1.54) is 4.68 Å². The van der Waals surface area contributed by atoms with Gasteiger partial charge in [-0.25, -0.2) is 52.7 Å². The predicted octanol–water partition coefficient (Wildman–Crippen LogP) is 20.6.